The van der Waals surface area contributed by atoms with Crippen molar-refractivity contribution in [1.29, 1.82) is 10.5 Å². The molecule has 0 fully saturated rings. The van der Waals surface area contributed by atoms with Crippen LogP contribution in [-0.2, 0) is 0 Å². The summed E-state index contributed by atoms with van der Waals surface area (Å²) in [5.41, 5.74) is 9.83. The first kappa shape index (κ1) is 21.1. The molecule has 0 bridgehead atoms. The van der Waals surface area contributed by atoms with Gasteiger partial charge in [0.2, 0.25) is 0 Å². The lowest BCUT2D eigenvalue weighted by Crippen LogP contribution is -1.89. The van der Waals surface area contributed by atoms with E-state index in [4.69, 9.17) is 13.1 Å². The van der Waals surface area contributed by atoms with Crippen molar-refractivity contribution in [3.63, 3.8) is 0 Å². The number of nitrogens with zero attached hydrogens (tertiary/aromatic N) is 8. The molecule has 3 aromatic carbocycles. The van der Waals surface area contributed by atoms with E-state index in [1.807, 2.05) is 36.4 Å². The van der Waals surface area contributed by atoms with Crippen LogP contribution in [0.15, 0.2) is 72.6 Å². The van der Waals surface area contributed by atoms with Crippen molar-refractivity contribution in [3.05, 3.63) is 118 Å². The molecule has 0 amide bonds. The largest absolute Gasteiger partial charge is 0.270 e. The summed E-state index contributed by atoms with van der Waals surface area (Å²) in [5, 5.41) is 19.7. The van der Waals surface area contributed by atoms with Crippen LogP contribution >= 0.6 is 0 Å². The Bertz CT molecular complexity index is 1990. The third kappa shape index (κ3) is 2.69. The average Bonchev–Trinajstić information content (AvgIpc) is 3.42. The third-order valence-electron chi connectivity index (χ3n) is 6.94. The van der Waals surface area contributed by atoms with Crippen LogP contribution in [0.5, 0.6) is 0 Å². The summed E-state index contributed by atoms with van der Waals surface area (Å²) in [7, 11) is 0. The highest BCUT2D eigenvalue weighted by Gasteiger charge is 2.34. The zero-order valence-corrected chi connectivity index (χ0v) is 19.4. The number of hydrogen-bond donors (Lipinski definition) is 0. The topological polar surface area (TPSA) is 108 Å². The Morgan fingerprint density at radius 1 is 0.500 bits per heavy atom. The molecule has 8 nitrogen and oxygen atoms in total. The molecule has 7 rings (SSSR count). The summed E-state index contributed by atoms with van der Waals surface area (Å²) in [6.07, 6.45) is 6.43. The van der Waals surface area contributed by atoms with Crippen LogP contribution in [0.4, 0.5) is 0 Å². The fourth-order valence-electron chi connectivity index (χ4n) is 5.41. The molecule has 0 saturated heterocycles. The van der Waals surface area contributed by atoms with E-state index in [1.54, 1.807) is 24.8 Å². The van der Waals surface area contributed by atoms with Gasteiger partial charge < -0.3 is 0 Å². The van der Waals surface area contributed by atoms with Crippen LogP contribution in [0, 0.1) is 35.8 Å². The zero-order valence-electron chi connectivity index (χ0n) is 19.4. The molecule has 8 heteroatoms. The molecule has 5 aromatic rings. The van der Waals surface area contributed by atoms with Crippen molar-refractivity contribution in [3.8, 4) is 34.4 Å². The molecule has 0 radical (unpaired) electrons. The van der Waals surface area contributed by atoms with Gasteiger partial charge >= 0.3 is 0 Å². The Morgan fingerprint density at radius 3 is 1.11 bits per heavy atom. The lowest BCUT2D eigenvalue weighted by atomic mass is 9.94. The standard InChI is InChI=1S/C30H10N8/c1-33-27(13-31)29-19-7-16-18-10-24-26(38-6-4-36-24)12-22(18)30(28(14-32)34-2)20(16)8-15(19)17-9-23-25(11-21(17)29)37-5-3-35-23/h3-12H/b29-27-,30-28+. The van der Waals surface area contributed by atoms with E-state index in [2.05, 4.69) is 41.8 Å². The number of hydrogen-bond acceptors (Lipinski definition) is 6. The van der Waals surface area contributed by atoms with Gasteiger partial charge in [0, 0.05) is 35.9 Å². The van der Waals surface area contributed by atoms with Crippen molar-refractivity contribution in [1.82, 2.24) is 19.9 Å². The molecule has 0 N–H and O–H groups in total. The first-order valence-corrected chi connectivity index (χ1v) is 11.4. The first-order valence-electron chi connectivity index (χ1n) is 11.4. The monoisotopic (exact) mass is 482 g/mol. The maximum Gasteiger partial charge on any atom is 0.270 e. The van der Waals surface area contributed by atoms with E-state index in [0.29, 0.717) is 33.2 Å². The summed E-state index contributed by atoms with van der Waals surface area (Å²) in [4.78, 5) is 24.8. The predicted octanol–water partition coefficient (Wildman–Crippen LogP) is 5.94. The minimum absolute atomic E-state index is 0.0228. The highest BCUT2D eigenvalue weighted by Crippen LogP contribution is 2.54. The van der Waals surface area contributed by atoms with E-state index in [0.717, 1.165) is 44.5 Å². The van der Waals surface area contributed by atoms with Crippen LogP contribution in [0.25, 0.3) is 65.2 Å². The fourth-order valence-corrected chi connectivity index (χ4v) is 5.41. The van der Waals surface area contributed by atoms with Gasteiger partial charge in [-0.25, -0.2) is 20.2 Å². The van der Waals surface area contributed by atoms with Crippen LogP contribution < -0.4 is 0 Å². The van der Waals surface area contributed by atoms with Crippen molar-refractivity contribution in [2.45, 2.75) is 0 Å². The van der Waals surface area contributed by atoms with Crippen LogP contribution in [-0.4, -0.2) is 19.9 Å². The van der Waals surface area contributed by atoms with E-state index in [-0.39, 0.29) is 11.4 Å². The lowest BCUT2D eigenvalue weighted by molar-refractivity contribution is 1.29. The van der Waals surface area contributed by atoms with Crippen molar-refractivity contribution < 1.29 is 0 Å². The van der Waals surface area contributed by atoms with Crippen LogP contribution in [0.3, 0.4) is 0 Å². The van der Waals surface area contributed by atoms with E-state index in [9.17, 15) is 10.5 Å². The highest BCUT2D eigenvalue weighted by atomic mass is 14.8. The van der Waals surface area contributed by atoms with Crippen molar-refractivity contribution in [2.75, 3.05) is 0 Å². The number of allylic oxidation sites excluding steroid dienone is 2. The van der Waals surface area contributed by atoms with Gasteiger partial charge in [0.25, 0.3) is 11.4 Å². The average molecular weight is 482 g/mol. The Labute approximate surface area is 215 Å². The molecule has 0 atom stereocenters. The molecule has 38 heavy (non-hydrogen) atoms. The van der Waals surface area contributed by atoms with Gasteiger partial charge in [-0.15, -0.1) is 0 Å². The molecular weight excluding hydrogens is 472 g/mol. The second kappa shape index (κ2) is 7.64. The van der Waals surface area contributed by atoms with Gasteiger partial charge in [-0.2, -0.15) is 0 Å². The molecule has 0 unspecified atom stereocenters. The summed E-state index contributed by atoms with van der Waals surface area (Å²) in [5.74, 6) is 0. The molecule has 0 saturated carbocycles. The van der Waals surface area contributed by atoms with Gasteiger partial charge in [-0.3, -0.25) is 19.9 Å². The predicted molar refractivity (Wildman–Crippen MR) is 140 cm³/mol. The second-order valence-corrected chi connectivity index (χ2v) is 8.72. The fraction of sp³-hybridized carbons (Fsp3) is 0. The van der Waals surface area contributed by atoms with Crippen molar-refractivity contribution >= 4 is 33.2 Å². The van der Waals surface area contributed by atoms with Gasteiger partial charge in [0.1, 0.15) is 0 Å². The van der Waals surface area contributed by atoms with Gasteiger partial charge in [0.05, 0.1) is 47.3 Å². The smallest absolute Gasteiger partial charge is 0.253 e. The molecule has 2 aliphatic rings. The first-order chi connectivity index (χ1) is 18.7. The summed E-state index contributed by atoms with van der Waals surface area (Å²) >= 11 is 0. The SMILES string of the molecule is [C-]#[N+]/C(C#N)=C1/c2cc3c(cc2-c2cc4nccnc4cc21)/C(=C(/C#N)[N+]#[C-])c1cc2nccnc2cc1-3. The minimum atomic E-state index is -0.0228. The summed E-state index contributed by atoms with van der Waals surface area (Å²) < 4.78 is 0. The van der Waals surface area contributed by atoms with Gasteiger partial charge in [0.15, 0.2) is 0 Å². The molecule has 170 valence electrons. The number of benzene rings is 3. The van der Waals surface area contributed by atoms with E-state index < -0.39 is 0 Å². The molecule has 2 aromatic heterocycles. The summed E-state index contributed by atoms with van der Waals surface area (Å²) in [6.45, 7) is 15.4. The molecular formula is C30H10N8. The van der Waals surface area contributed by atoms with Gasteiger partial charge in [-0.1, -0.05) is 0 Å². The van der Waals surface area contributed by atoms with E-state index >= 15 is 0 Å². The van der Waals surface area contributed by atoms with E-state index in [1.165, 1.54) is 0 Å². The quantitative estimate of drug-likeness (QED) is 0.196. The molecule has 0 spiro atoms. The van der Waals surface area contributed by atoms with Crippen LogP contribution in [0.2, 0.25) is 0 Å². The van der Waals surface area contributed by atoms with Crippen LogP contribution in [0.1, 0.15) is 22.3 Å². The maximum atomic E-state index is 9.86. The number of fused-ring (bicyclic) bond motifs is 8. The number of rotatable bonds is 0. The Morgan fingerprint density at radius 2 is 0.789 bits per heavy atom. The Kier molecular flexibility index (Phi) is 4.24. The minimum Gasteiger partial charge on any atom is -0.253 e. The Balaban J connectivity index is 1.63. The van der Waals surface area contributed by atoms with Gasteiger partial charge in [-0.05, 0) is 80.9 Å². The number of aromatic nitrogens is 4. The maximum absolute atomic E-state index is 9.86. The second-order valence-electron chi connectivity index (χ2n) is 8.72. The highest BCUT2D eigenvalue weighted by molar-refractivity contribution is 6.13. The normalized spacial score (nSPS) is 14.8. The summed E-state index contributed by atoms with van der Waals surface area (Å²) in [6, 6.07) is 15.5. The lowest BCUT2D eigenvalue weighted by Gasteiger charge is -2.09. The van der Waals surface area contributed by atoms with Crippen molar-refractivity contribution in [2.24, 2.45) is 0 Å². The number of nitriles is 2. The molecule has 2 aliphatic carbocycles. The zero-order chi connectivity index (χ0) is 26.0. The molecule has 2 heterocycles. The Hall–Kier alpha value is -6.22. The molecule has 0 aliphatic heterocycles. The third-order valence-corrected chi connectivity index (χ3v) is 6.94.